The second-order valence-corrected chi connectivity index (χ2v) is 4.91. The van der Waals surface area contributed by atoms with Gasteiger partial charge in [-0.25, -0.2) is 0 Å². The highest BCUT2D eigenvalue weighted by molar-refractivity contribution is 9.10. The topological polar surface area (TPSA) is 64.9 Å². The fraction of sp³-hybridized carbons (Fsp3) is 0.200. The number of hydrogen-bond acceptors (Lipinski definition) is 5. The number of anilines is 1. The number of hydrogen-bond donors (Lipinski definition) is 1. The van der Waals surface area contributed by atoms with Gasteiger partial charge in [0.15, 0.2) is 5.82 Å². The summed E-state index contributed by atoms with van der Waals surface area (Å²) in [4.78, 5) is 4.27. The third-order valence-corrected chi connectivity index (χ3v) is 3.25. The molecule has 2 rings (SSSR count). The number of nitrogen functional groups attached to an aromatic ring is 1. The van der Waals surface area contributed by atoms with Gasteiger partial charge < -0.3 is 10.3 Å². The quantitative estimate of drug-likeness (QED) is 0.883. The molecule has 16 heavy (non-hydrogen) atoms. The molecule has 0 radical (unpaired) electrons. The van der Waals surface area contributed by atoms with Gasteiger partial charge in [-0.1, -0.05) is 5.16 Å². The first-order valence-electron chi connectivity index (χ1n) is 4.57. The molecule has 0 bridgehead atoms. The molecule has 1 aromatic heterocycles. The summed E-state index contributed by atoms with van der Waals surface area (Å²) < 4.78 is 6.01. The zero-order chi connectivity index (χ0) is 11.5. The molecule has 0 saturated heterocycles. The Morgan fingerprint density at radius 1 is 1.50 bits per heavy atom. The number of nitrogens with two attached hydrogens (primary N) is 1. The summed E-state index contributed by atoms with van der Waals surface area (Å²) in [7, 11) is 0. The Balaban J connectivity index is 2.31. The molecule has 2 N–H and O–H groups in total. The molecule has 6 heteroatoms. The molecule has 0 fully saturated rings. The molecule has 0 saturated carbocycles. The molecule has 2 aromatic rings. The third-order valence-electron chi connectivity index (χ3n) is 1.98. The van der Waals surface area contributed by atoms with Crippen molar-refractivity contribution in [1.82, 2.24) is 10.1 Å². The highest BCUT2D eigenvalue weighted by Gasteiger charge is 2.09. The van der Waals surface area contributed by atoms with Gasteiger partial charge in [0.1, 0.15) is 0 Å². The molecule has 0 spiro atoms. The van der Waals surface area contributed by atoms with Gasteiger partial charge in [-0.05, 0) is 40.4 Å². The predicted octanol–water partition coefficient (Wildman–Crippen LogP) is 2.94. The van der Waals surface area contributed by atoms with Gasteiger partial charge in [-0.3, -0.25) is 0 Å². The van der Waals surface area contributed by atoms with Gasteiger partial charge in [0.05, 0.1) is 5.75 Å². The highest BCUT2D eigenvalue weighted by Crippen LogP contribution is 2.26. The van der Waals surface area contributed by atoms with E-state index < -0.39 is 0 Å². The lowest BCUT2D eigenvalue weighted by molar-refractivity contribution is 0.425. The van der Waals surface area contributed by atoms with Gasteiger partial charge in [0.25, 0.3) is 5.89 Å². The SMILES string of the molecule is CSCc1noc(-c2ccc(Br)c(N)c2)n1. The summed E-state index contributed by atoms with van der Waals surface area (Å²) in [6.07, 6.45) is 1.99. The molecule has 1 aromatic carbocycles. The van der Waals surface area contributed by atoms with Gasteiger partial charge in [-0.15, -0.1) is 0 Å². The lowest BCUT2D eigenvalue weighted by Gasteiger charge is -1.99. The first kappa shape index (κ1) is 11.5. The van der Waals surface area contributed by atoms with Gasteiger partial charge in [0, 0.05) is 15.7 Å². The first-order valence-corrected chi connectivity index (χ1v) is 6.76. The molecular weight excluding hydrogens is 290 g/mol. The monoisotopic (exact) mass is 299 g/mol. The lowest BCUT2D eigenvalue weighted by atomic mass is 10.2. The Kier molecular flexibility index (Phi) is 3.50. The smallest absolute Gasteiger partial charge is 0.258 e. The van der Waals surface area contributed by atoms with Crippen molar-refractivity contribution in [1.29, 1.82) is 0 Å². The fourth-order valence-electron chi connectivity index (χ4n) is 1.24. The molecule has 4 nitrogen and oxygen atoms in total. The summed E-state index contributed by atoms with van der Waals surface area (Å²) in [5.41, 5.74) is 7.27. The van der Waals surface area contributed by atoms with Crippen LogP contribution in [0.5, 0.6) is 0 Å². The van der Waals surface area contributed by atoms with E-state index in [2.05, 4.69) is 26.1 Å². The number of thioether (sulfide) groups is 1. The minimum absolute atomic E-state index is 0.503. The first-order chi connectivity index (χ1) is 7.70. The summed E-state index contributed by atoms with van der Waals surface area (Å²) in [6.45, 7) is 0. The number of rotatable bonds is 3. The molecule has 1 heterocycles. The van der Waals surface area contributed by atoms with E-state index in [4.69, 9.17) is 10.3 Å². The van der Waals surface area contributed by atoms with Crippen molar-refractivity contribution in [3.8, 4) is 11.5 Å². The maximum Gasteiger partial charge on any atom is 0.258 e. The van der Waals surface area contributed by atoms with Crippen LogP contribution in [-0.2, 0) is 5.75 Å². The van der Waals surface area contributed by atoms with Crippen LogP contribution in [0.25, 0.3) is 11.5 Å². The molecule has 0 aliphatic carbocycles. The van der Waals surface area contributed by atoms with Gasteiger partial charge >= 0.3 is 0 Å². The Hall–Kier alpha value is -1.01. The minimum Gasteiger partial charge on any atom is -0.398 e. The van der Waals surface area contributed by atoms with E-state index in [0.717, 1.165) is 15.8 Å². The maximum atomic E-state index is 5.78. The van der Waals surface area contributed by atoms with Gasteiger partial charge in [-0.2, -0.15) is 16.7 Å². The van der Waals surface area contributed by atoms with Crippen molar-refractivity contribution >= 4 is 33.4 Å². The van der Waals surface area contributed by atoms with E-state index >= 15 is 0 Å². The van der Waals surface area contributed by atoms with Crippen LogP contribution in [0.3, 0.4) is 0 Å². The van der Waals surface area contributed by atoms with Crippen LogP contribution in [0.4, 0.5) is 5.69 Å². The molecule has 0 aliphatic rings. The van der Waals surface area contributed by atoms with E-state index in [9.17, 15) is 0 Å². The van der Waals surface area contributed by atoms with E-state index in [1.54, 1.807) is 17.8 Å². The summed E-state index contributed by atoms with van der Waals surface area (Å²) in [6, 6.07) is 5.56. The maximum absolute atomic E-state index is 5.78. The Labute approximate surface area is 106 Å². The zero-order valence-corrected chi connectivity index (χ0v) is 11.0. The largest absolute Gasteiger partial charge is 0.398 e. The van der Waals surface area contributed by atoms with Crippen molar-refractivity contribution in [2.24, 2.45) is 0 Å². The standard InChI is InChI=1S/C10H10BrN3OS/c1-16-5-9-13-10(15-14-9)6-2-3-7(11)8(12)4-6/h2-4H,5,12H2,1H3. The number of halogens is 1. The Morgan fingerprint density at radius 2 is 2.31 bits per heavy atom. The van der Waals surface area contributed by atoms with Crippen molar-refractivity contribution in [2.75, 3.05) is 12.0 Å². The van der Waals surface area contributed by atoms with Crippen LogP contribution >= 0.6 is 27.7 Å². The molecule has 0 unspecified atom stereocenters. The summed E-state index contributed by atoms with van der Waals surface area (Å²) in [5.74, 6) is 1.95. The van der Waals surface area contributed by atoms with Crippen LogP contribution in [0.1, 0.15) is 5.82 Å². The molecule has 0 amide bonds. The highest BCUT2D eigenvalue weighted by atomic mass is 79.9. The Morgan fingerprint density at radius 3 is 3.00 bits per heavy atom. The zero-order valence-electron chi connectivity index (χ0n) is 8.61. The van der Waals surface area contributed by atoms with Crippen molar-refractivity contribution in [3.63, 3.8) is 0 Å². The minimum atomic E-state index is 0.503. The number of aromatic nitrogens is 2. The number of benzene rings is 1. The van der Waals surface area contributed by atoms with Crippen LogP contribution < -0.4 is 5.73 Å². The second-order valence-electron chi connectivity index (χ2n) is 3.19. The third kappa shape index (κ3) is 2.38. The van der Waals surface area contributed by atoms with E-state index in [1.807, 2.05) is 18.4 Å². The lowest BCUT2D eigenvalue weighted by Crippen LogP contribution is -1.88. The van der Waals surface area contributed by atoms with E-state index in [0.29, 0.717) is 17.4 Å². The number of nitrogens with zero attached hydrogens (tertiary/aromatic N) is 2. The molecule has 0 aliphatic heterocycles. The summed E-state index contributed by atoms with van der Waals surface area (Å²) in [5, 5.41) is 3.87. The second kappa shape index (κ2) is 4.88. The van der Waals surface area contributed by atoms with Crippen LogP contribution in [0.2, 0.25) is 0 Å². The van der Waals surface area contributed by atoms with Gasteiger partial charge in [0.2, 0.25) is 0 Å². The Bertz CT molecular complexity index is 501. The van der Waals surface area contributed by atoms with Crippen LogP contribution in [0, 0.1) is 0 Å². The average molecular weight is 300 g/mol. The molecule has 84 valence electrons. The van der Waals surface area contributed by atoms with Crippen molar-refractivity contribution in [3.05, 3.63) is 28.5 Å². The average Bonchev–Trinajstić information content (AvgIpc) is 2.71. The molecular formula is C10H10BrN3OS. The van der Waals surface area contributed by atoms with Crippen molar-refractivity contribution in [2.45, 2.75) is 5.75 Å². The molecule has 0 atom stereocenters. The fourth-order valence-corrected chi connectivity index (χ4v) is 1.86. The van der Waals surface area contributed by atoms with Crippen LogP contribution in [-0.4, -0.2) is 16.4 Å². The van der Waals surface area contributed by atoms with E-state index in [-0.39, 0.29) is 0 Å². The van der Waals surface area contributed by atoms with Crippen LogP contribution in [0.15, 0.2) is 27.2 Å². The predicted molar refractivity (Wildman–Crippen MR) is 69.1 cm³/mol. The van der Waals surface area contributed by atoms with E-state index in [1.165, 1.54) is 0 Å². The normalized spacial score (nSPS) is 10.6. The summed E-state index contributed by atoms with van der Waals surface area (Å²) >= 11 is 4.99. The van der Waals surface area contributed by atoms with Crippen molar-refractivity contribution < 1.29 is 4.52 Å².